The first-order valence-corrected chi connectivity index (χ1v) is 8.26. The maximum atomic E-state index is 13.1. The summed E-state index contributed by atoms with van der Waals surface area (Å²) in [5.41, 5.74) is 1.59. The van der Waals surface area contributed by atoms with Crippen LogP contribution in [0.4, 0.5) is 18.9 Å². The van der Waals surface area contributed by atoms with Gasteiger partial charge in [-0.25, -0.2) is 4.98 Å². The lowest BCUT2D eigenvalue weighted by molar-refractivity contribution is -0.137. The van der Waals surface area contributed by atoms with Crippen LogP contribution in [0.5, 0.6) is 0 Å². The number of rotatable bonds is 4. The predicted molar refractivity (Wildman–Crippen MR) is 93.3 cm³/mol. The highest BCUT2D eigenvalue weighted by atomic mass is 19.4. The molecular formula is C19H18F3N3O. The fourth-order valence-electron chi connectivity index (χ4n) is 2.81. The van der Waals surface area contributed by atoms with Gasteiger partial charge in [0.05, 0.1) is 11.3 Å². The predicted octanol–water partition coefficient (Wildman–Crippen LogP) is 4.87. The minimum absolute atomic E-state index is 0.135. The van der Waals surface area contributed by atoms with E-state index in [9.17, 15) is 18.0 Å². The van der Waals surface area contributed by atoms with Gasteiger partial charge in [-0.3, -0.25) is 9.20 Å². The number of imidazole rings is 1. The van der Waals surface area contributed by atoms with Crippen LogP contribution in [0.1, 0.15) is 40.7 Å². The van der Waals surface area contributed by atoms with E-state index >= 15 is 0 Å². The van der Waals surface area contributed by atoms with Crippen molar-refractivity contribution in [3.63, 3.8) is 0 Å². The van der Waals surface area contributed by atoms with Crippen molar-refractivity contribution in [2.45, 2.75) is 32.9 Å². The molecule has 0 aliphatic carbocycles. The Hall–Kier alpha value is -2.83. The van der Waals surface area contributed by atoms with E-state index in [0.717, 1.165) is 24.2 Å². The van der Waals surface area contributed by atoms with Gasteiger partial charge in [0.2, 0.25) is 0 Å². The van der Waals surface area contributed by atoms with Gasteiger partial charge in [-0.15, -0.1) is 0 Å². The summed E-state index contributed by atoms with van der Waals surface area (Å²) in [5.74, 6) is -0.477. The molecule has 0 fully saturated rings. The molecule has 0 saturated heterocycles. The van der Waals surface area contributed by atoms with Crippen molar-refractivity contribution in [2.24, 2.45) is 0 Å². The van der Waals surface area contributed by atoms with Crippen LogP contribution in [0, 0.1) is 6.92 Å². The van der Waals surface area contributed by atoms with Crippen LogP contribution in [0.3, 0.4) is 0 Å². The van der Waals surface area contributed by atoms with E-state index in [2.05, 4.69) is 10.3 Å². The number of aryl methyl sites for hydroxylation is 2. The number of para-hydroxylation sites is 1. The summed E-state index contributed by atoms with van der Waals surface area (Å²) in [4.78, 5) is 17.2. The van der Waals surface area contributed by atoms with E-state index in [1.165, 1.54) is 10.5 Å². The molecule has 0 spiro atoms. The van der Waals surface area contributed by atoms with Gasteiger partial charge < -0.3 is 5.32 Å². The molecule has 0 atom stereocenters. The molecule has 0 saturated carbocycles. The molecule has 1 aromatic carbocycles. The number of alkyl halides is 3. The molecule has 1 amide bonds. The zero-order valence-corrected chi connectivity index (χ0v) is 14.4. The standard InChI is InChI=1S/C19H18F3N3O/c1-3-6-15-17(18(26)24-14-8-5-4-7-12(14)2)25-11-13(19(20,21)22)9-10-16(25)23-15/h4-5,7-11H,3,6H2,1-2H3,(H,24,26). The molecule has 0 aliphatic rings. The summed E-state index contributed by atoms with van der Waals surface area (Å²) < 4.78 is 40.4. The van der Waals surface area contributed by atoms with Crippen LogP contribution in [-0.4, -0.2) is 15.3 Å². The molecule has 26 heavy (non-hydrogen) atoms. The molecule has 0 aliphatic heterocycles. The Kier molecular flexibility index (Phi) is 4.71. The molecule has 3 aromatic rings. The first kappa shape index (κ1) is 18.0. The van der Waals surface area contributed by atoms with Gasteiger partial charge in [-0.05, 0) is 37.1 Å². The van der Waals surface area contributed by atoms with Crippen molar-refractivity contribution in [1.29, 1.82) is 0 Å². The van der Waals surface area contributed by atoms with Crippen molar-refractivity contribution in [1.82, 2.24) is 9.38 Å². The number of nitrogens with one attached hydrogen (secondary N) is 1. The maximum absolute atomic E-state index is 13.1. The fraction of sp³-hybridized carbons (Fsp3) is 0.263. The Bertz CT molecular complexity index is 960. The van der Waals surface area contributed by atoms with Gasteiger partial charge >= 0.3 is 6.18 Å². The third-order valence-electron chi connectivity index (χ3n) is 4.11. The minimum atomic E-state index is -4.49. The highest BCUT2D eigenvalue weighted by molar-refractivity contribution is 6.04. The first-order valence-electron chi connectivity index (χ1n) is 8.26. The summed E-state index contributed by atoms with van der Waals surface area (Å²) in [6.07, 6.45) is -2.35. The Labute approximate surface area is 148 Å². The van der Waals surface area contributed by atoms with Crippen molar-refractivity contribution >= 4 is 17.2 Å². The topological polar surface area (TPSA) is 46.4 Å². The SMILES string of the molecule is CCCc1nc2ccc(C(F)(F)F)cn2c1C(=O)Nc1ccccc1C. The highest BCUT2D eigenvalue weighted by Crippen LogP contribution is 2.30. The molecule has 3 rings (SSSR count). The van der Waals surface area contributed by atoms with E-state index in [0.29, 0.717) is 23.4 Å². The molecule has 4 nitrogen and oxygen atoms in total. The van der Waals surface area contributed by atoms with Gasteiger partial charge in [-0.1, -0.05) is 31.5 Å². The van der Waals surface area contributed by atoms with Gasteiger partial charge in [0.1, 0.15) is 11.3 Å². The number of aromatic nitrogens is 2. The average molecular weight is 361 g/mol. The van der Waals surface area contributed by atoms with Crippen LogP contribution in [0.2, 0.25) is 0 Å². The van der Waals surface area contributed by atoms with Crippen LogP contribution in [-0.2, 0) is 12.6 Å². The second kappa shape index (κ2) is 6.82. The number of nitrogens with zero attached hydrogens (tertiary/aromatic N) is 2. The average Bonchev–Trinajstić information content (AvgIpc) is 2.93. The van der Waals surface area contributed by atoms with Crippen LogP contribution in [0.25, 0.3) is 5.65 Å². The van der Waals surface area contributed by atoms with E-state index in [1.54, 1.807) is 12.1 Å². The summed E-state index contributed by atoms with van der Waals surface area (Å²) in [6.45, 7) is 3.77. The van der Waals surface area contributed by atoms with Crippen molar-refractivity contribution in [3.8, 4) is 0 Å². The van der Waals surface area contributed by atoms with E-state index in [1.807, 2.05) is 26.0 Å². The third-order valence-corrected chi connectivity index (χ3v) is 4.11. The summed E-state index contributed by atoms with van der Waals surface area (Å²) in [7, 11) is 0. The summed E-state index contributed by atoms with van der Waals surface area (Å²) in [5, 5.41) is 2.78. The van der Waals surface area contributed by atoms with Crippen molar-refractivity contribution in [3.05, 3.63) is 65.1 Å². The Morgan fingerprint density at radius 3 is 2.58 bits per heavy atom. The molecule has 136 valence electrons. The molecule has 2 aromatic heterocycles. The van der Waals surface area contributed by atoms with Gasteiger partial charge in [0.15, 0.2) is 0 Å². The number of halogens is 3. The zero-order chi connectivity index (χ0) is 18.9. The monoisotopic (exact) mass is 361 g/mol. The molecule has 0 bridgehead atoms. The Balaban J connectivity index is 2.10. The number of amides is 1. The fourth-order valence-corrected chi connectivity index (χ4v) is 2.81. The lowest BCUT2D eigenvalue weighted by Crippen LogP contribution is -2.17. The van der Waals surface area contributed by atoms with Crippen molar-refractivity contribution < 1.29 is 18.0 Å². The normalized spacial score (nSPS) is 11.7. The van der Waals surface area contributed by atoms with E-state index in [-0.39, 0.29) is 5.69 Å². The smallest absolute Gasteiger partial charge is 0.320 e. The third kappa shape index (κ3) is 3.42. The summed E-state index contributed by atoms with van der Waals surface area (Å²) >= 11 is 0. The summed E-state index contributed by atoms with van der Waals surface area (Å²) in [6, 6.07) is 9.48. The number of fused-ring (bicyclic) bond motifs is 1. The molecule has 0 radical (unpaired) electrons. The number of hydrogen-bond acceptors (Lipinski definition) is 2. The number of carbonyl (C=O) groups is 1. The van der Waals surface area contributed by atoms with E-state index in [4.69, 9.17) is 0 Å². The van der Waals surface area contributed by atoms with Crippen LogP contribution >= 0.6 is 0 Å². The first-order chi connectivity index (χ1) is 12.3. The van der Waals surface area contributed by atoms with Gasteiger partial charge in [-0.2, -0.15) is 13.2 Å². The lowest BCUT2D eigenvalue weighted by atomic mass is 10.1. The Morgan fingerprint density at radius 2 is 1.92 bits per heavy atom. The second-order valence-electron chi connectivity index (χ2n) is 6.07. The number of benzene rings is 1. The van der Waals surface area contributed by atoms with Gasteiger partial charge in [0, 0.05) is 11.9 Å². The lowest BCUT2D eigenvalue weighted by Gasteiger charge is -2.11. The molecular weight excluding hydrogens is 343 g/mol. The molecule has 7 heteroatoms. The van der Waals surface area contributed by atoms with Crippen LogP contribution < -0.4 is 5.32 Å². The number of hydrogen-bond donors (Lipinski definition) is 1. The van der Waals surface area contributed by atoms with E-state index < -0.39 is 17.6 Å². The molecule has 1 N–H and O–H groups in total. The minimum Gasteiger partial charge on any atom is -0.320 e. The number of pyridine rings is 1. The molecule has 0 unspecified atom stereocenters. The Morgan fingerprint density at radius 1 is 1.19 bits per heavy atom. The van der Waals surface area contributed by atoms with Crippen molar-refractivity contribution in [2.75, 3.05) is 5.32 Å². The maximum Gasteiger partial charge on any atom is 0.417 e. The quantitative estimate of drug-likeness (QED) is 0.721. The zero-order valence-electron chi connectivity index (χ0n) is 14.4. The molecule has 2 heterocycles. The number of carbonyl (C=O) groups excluding carboxylic acids is 1. The van der Waals surface area contributed by atoms with Crippen LogP contribution in [0.15, 0.2) is 42.6 Å². The largest absolute Gasteiger partial charge is 0.417 e. The highest BCUT2D eigenvalue weighted by Gasteiger charge is 2.32. The van der Waals surface area contributed by atoms with Gasteiger partial charge in [0.25, 0.3) is 5.91 Å². The number of anilines is 1. The second-order valence-corrected chi connectivity index (χ2v) is 6.07.